The highest BCUT2D eigenvalue weighted by Crippen LogP contribution is 2.45. The zero-order valence-corrected chi connectivity index (χ0v) is 25.3. The van der Waals surface area contributed by atoms with Crippen LogP contribution in [0.25, 0.3) is 54.1 Å². The Kier molecular flexibility index (Phi) is 7.04. The molecule has 0 unspecified atom stereocenters. The number of carboxylic acid groups (broad SMARTS) is 1. The van der Waals surface area contributed by atoms with Gasteiger partial charge in [0.1, 0.15) is 17.0 Å². The fraction of sp³-hybridized carbons (Fsp3) is 0.219. The average molecular weight is 598 g/mol. The third-order valence-corrected chi connectivity index (χ3v) is 8.34. The minimum atomic E-state index is -1.17. The Morgan fingerprint density at radius 1 is 1.02 bits per heavy atom. The van der Waals surface area contributed by atoms with Crippen LogP contribution in [0.15, 0.2) is 67.3 Å². The monoisotopic (exact) mass is 597 g/mol. The Bertz CT molecular complexity index is 1960. The van der Waals surface area contributed by atoms with Crippen LogP contribution in [0.1, 0.15) is 38.0 Å². The summed E-state index contributed by atoms with van der Waals surface area (Å²) in [6, 6.07) is 15.5. The Labute approximate surface area is 251 Å². The molecule has 0 aliphatic heterocycles. The maximum absolute atomic E-state index is 12.6. The molecule has 0 amide bonds. The van der Waals surface area contributed by atoms with Gasteiger partial charge in [-0.25, -0.2) is 19.7 Å². The summed E-state index contributed by atoms with van der Waals surface area (Å²) in [6.45, 7) is 7.47. The van der Waals surface area contributed by atoms with Gasteiger partial charge in [0.15, 0.2) is 6.10 Å². The molecule has 1 N–H and O–H groups in total. The first kappa shape index (κ1) is 28.0. The van der Waals surface area contributed by atoms with E-state index in [1.54, 1.807) is 12.4 Å². The number of fused-ring (bicyclic) bond motifs is 2. The molecule has 0 saturated heterocycles. The van der Waals surface area contributed by atoms with E-state index in [1.807, 2.05) is 81.9 Å². The summed E-state index contributed by atoms with van der Waals surface area (Å²) in [5.41, 5.74) is 6.65. The van der Waals surface area contributed by atoms with Crippen LogP contribution in [0.4, 0.5) is 0 Å². The third-order valence-electron chi connectivity index (χ3n) is 6.95. The van der Waals surface area contributed by atoms with Crippen LogP contribution in [0.2, 0.25) is 5.02 Å². The summed E-state index contributed by atoms with van der Waals surface area (Å²) in [6.07, 6.45) is 3.82. The zero-order chi connectivity index (χ0) is 29.8. The van der Waals surface area contributed by atoms with E-state index >= 15 is 0 Å². The molecule has 1 atom stereocenters. The van der Waals surface area contributed by atoms with Gasteiger partial charge in [0.05, 0.1) is 21.3 Å². The van der Waals surface area contributed by atoms with E-state index in [9.17, 15) is 9.90 Å². The van der Waals surface area contributed by atoms with Gasteiger partial charge >= 0.3 is 5.97 Å². The van der Waals surface area contributed by atoms with Crippen molar-refractivity contribution in [2.24, 2.45) is 7.05 Å². The lowest BCUT2D eigenvalue weighted by atomic mass is 9.91. The summed E-state index contributed by atoms with van der Waals surface area (Å²) in [4.78, 5) is 26.0. The molecule has 0 bridgehead atoms. The van der Waals surface area contributed by atoms with Crippen LogP contribution in [0.3, 0.4) is 0 Å². The Hall–Kier alpha value is -4.18. The van der Waals surface area contributed by atoms with Gasteiger partial charge in [0.2, 0.25) is 0 Å². The number of benzene rings is 3. The van der Waals surface area contributed by atoms with E-state index < -0.39 is 17.7 Å². The second kappa shape index (κ2) is 10.6. The predicted molar refractivity (Wildman–Crippen MR) is 167 cm³/mol. The molecule has 0 spiro atoms. The summed E-state index contributed by atoms with van der Waals surface area (Å²) in [7, 11) is 1.91. The second-order valence-corrected chi connectivity index (χ2v) is 12.6. The molecule has 8 nitrogen and oxygen atoms in total. The van der Waals surface area contributed by atoms with Crippen LogP contribution in [-0.2, 0) is 16.6 Å². The highest BCUT2D eigenvalue weighted by atomic mass is 35.5. The fourth-order valence-electron chi connectivity index (χ4n) is 5.20. The van der Waals surface area contributed by atoms with E-state index in [2.05, 4.69) is 16.0 Å². The van der Waals surface area contributed by atoms with Crippen molar-refractivity contribution in [2.45, 2.75) is 39.4 Å². The molecule has 6 aromatic rings. The highest BCUT2D eigenvalue weighted by Gasteiger charge is 2.32. The van der Waals surface area contributed by atoms with E-state index in [1.165, 1.54) is 17.7 Å². The van der Waals surface area contributed by atoms with Crippen molar-refractivity contribution in [3.63, 3.8) is 0 Å². The lowest BCUT2D eigenvalue weighted by molar-refractivity contribution is -0.160. The van der Waals surface area contributed by atoms with Crippen molar-refractivity contribution < 1.29 is 14.6 Å². The molecule has 0 aliphatic carbocycles. The summed E-state index contributed by atoms with van der Waals surface area (Å²) >= 11 is 7.75. The number of hydrogen-bond acceptors (Lipinski definition) is 7. The van der Waals surface area contributed by atoms with Gasteiger partial charge in [-0.05, 0) is 75.2 Å². The van der Waals surface area contributed by atoms with E-state index in [0.717, 1.165) is 59.6 Å². The Balaban J connectivity index is 1.59. The van der Waals surface area contributed by atoms with Crippen molar-refractivity contribution in [1.29, 1.82) is 0 Å². The number of aryl methyl sites for hydroxylation is 2. The second-order valence-electron chi connectivity index (χ2n) is 11.1. The van der Waals surface area contributed by atoms with E-state index in [-0.39, 0.29) is 0 Å². The SMILES string of the molecule is Cc1cc2nc(-c3ccc4c(c3)c(-c3cncnc3)nn4C)sc2c(-c2ccc(Cl)cc2)c1[C@H](OC(C)(C)C)C(=O)O. The summed E-state index contributed by atoms with van der Waals surface area (Å²) < 4.78 is 8.85. The first-order valence-corrected chi connectivity index (χ1v) is 14.5. The van der Waals surface area contributed by atoms with Gasteiger partial charge < -0.3 is 9.84 Å². The molecule has 3 aromatic carbocycles. The lowest BCUT2D eigenvalue weighted by Crippen LogP contribution is -2.28. The van der Waals surface area contributed by atoms with Crippen LogP contribution >= 0.6 is 22.9 Å². The molecule has 3 aromatic heterocycles. The average Bonchev–Trinajstić information content (AvgIpc) is 3.52. The van der Waals surface area contributed by atoms with Crippen molar-refractivity contribution in [2.75, 3.05) is 0 Å². The number of rotatable bonds is 6. The van der Waals surface area contributed by atoms with Crippen LogP contribution in [0.5, 0.6) is 0 Å². The maximum Gasteiger partial charge on any atom is 0.337 e. The number of halogens is 1. The van der Waals surface area contributed by atoms with Gasteiger partial charge in [-0.3, -0.25) is 4.68 Å². The van der Waals surface area contributed by atoms with Crippen molar-refractivity contribution in [3.05, 3.63) is 83.4 Å². The number of thiazole rings is 1. The highest BCUT2D eigenvalue weighted by molar-refractivity contribution is 7.22. The molecule has 42 heavy (non-hydrogen) atoms. The lowest BCUT2D eigenvalue weighted by Gasteiger charge is -2.28. The molecule has 0 radical (unpaired) electrons. The zero-order valence-electron chi connectivity index (χ0n) is 23.7. The van der Waals surface area contributed by atoms with Gasteiger partial charge in [0.25, 0.3) is 0 Å². The molecule has 0 aliphatic rings. The molecule has 10 heteroatoms. The predicted octanol–water partition coefficient (Wildman–Crippen LogP) is 7.88. The molecule has 0 saturated carbocycles. The van der Waals surface area contributed by atoms with Gasteiger partial charge in [-0.15, -0.1) is 11.3 Å². The van der Waals surface area contributed by atoms with Gasteiger partial charge in [-0.1, -0.05) is 23.7 Å². The van der Waals surface area contributed by atoms with E-state index in [0.29, 0.717) is 10.6 Å². The topological polar surface area (TPSA) is 103 Å². The van der Waals surface area contributed by atoms with Gasteiger partial charge in [-0.2, -0.15) is 5.10 Å². The molecular weight excluding hydrogens is 570 g/mol. The third kappa shape index (κ3) is 5.15. The van der Waals surface area contributed by atoms with Crippen molar-refractivity contribution in [1.82, 2.24) is 24.7 Å². The number of hydrogen-bond donors (Lipinski definition) is 1. The van der Waals surface area contributed by atoms with Crippen molar-refractivity contribution >= 4 is 50.0 Å². The largest absolute Gasteiger partial charge is 0.479 e. The summed E-state index contributed by atoms with van der Waals surface area (Å²) in [5.74, 6) is -1.05. The maximum atomic E-state index is 12.6. The number of carboxylic acids is 1. The minimum Gasteiger partial charge on any atom is -0.479 e. The fourth-order valence-corrected chi connectivity index (χ4v) is 6.44. The smallest absolute Gasteiger partial charge is 0.337 e. The van der Waals surface area contributed by atoms with E-state index in [4.69, 9.17) is 26.4 Å². The number of aromatic nitrogens is 5. The normalized spacial score (nSPS) is 12.7. The molecule has 212 valence electrons. The first-order valence-electron chi connectivity index (χ1n) is 13.3. The Morgan fingerprint density at radius 3 is 2.38 bits per heavy atom. The molecule has 3 heterocycles. The quantitative estimate of drug-likeness (QED) is 0.208. The van der Waals surface area contributed by atoms with Crippen molar-refractivity contribution in [3.8, 4) is 33.0 Å². The number of nitrogens with zero attached hydrogens (tertiary/aromatic N) is 5. The minimum absolute atomic E-state index is 0.597. The number of ether oxygens (including phenoxy) is 1. The van der Waals surface area contributed by atoms with Gasteiger partial charge in [0, 0.05) is 52.1 Å². The Morgan fingerprint density at radius 2 is 1.71 bits per heavy atom. The molecule has 6 rings (SSSR count). The standard InChI is InChI=1S/C32H28ClN5O3S/c1-17-12-23-29(26(18-6-9-21(33)10-7-18)25(17)28(31(39)40)41-32(2,3)4)42-30(36-23)19-8-11-24-22(13-19)27(37-38(24)5)20-14-34-16-35-15-20/h6-16,28H,1-5H3,(H,39,40)/t28-/m0/s1. The summed E-state index contributed by atoms with van der Waals surface area (Å²) in [5, 5.41) is 17.4. The van der Waals surface area contributed by atoms with Crippen LogP contribution in [0, 0.1) is 6.92 Å². The van der Waals surface area contributed by atoms with Crippen LogP contribution < -0.4 is 0 Å². The first-order chi connectivity index (χ1) is 20.0. The molecule has 0 fully saturated rings. The number of aliphatic carboxylic acids is 1. The number of carbonyl (C=O) groups is 1. The van der Waals surface area contributed by atoms with Crippen LogP contribution in [-0.4, -0.2) is 41.4 Å². The molecular formula is C32H28ClN5O3S.